The van der Waals surface area contributed by atoms with Crippen molar-refractivity contribution in [2.24, 2.45) is 4.99 Å². The van der Waals surface area contributed by atoms with E-state index in [1.54, 1.807) is 11.7 Å². The number of ether oxygens (including phenoxy) is 1. The number of fused-ring (bicyclic) bond motifs is 1. The van der Waals surface area contributed by atoms with Crippen molar-refractivity contribution < 1.29 is 9.53 Å². The molecule has 0 aliphatic carbocycles. The van der Waals surface area contributed by atoms with Crippen molar-refractivity contribution in [3.63, 3.8) is 0 Å². The van der Waals surface area contributed by atoms with E-state index in [1.807, 2.05) is 38.1 Å². The van der Waals surface area contributed by atoms with Gasteiger partial charge in [0.1, 0.15) is 17.3 Å². The Morgan fingerprint density at radius 2 is 2.13 bits per heavy atom. The summed E-state index contributed by atoms with van der Waals surface area (Å²) in [6.45, 7) is 3.75. The first-order valence-corrected chi connectivity index (χ1v) is 10.4. The van der Waals surface area contributed by atoms with Gasteiger partial charge in [-0.1, -0.05) is 23.5 Å². The highest BCUT2D eigenvalue weighted by molar-refractivity contribution is 7.13. The average Bonchev–Trinajstić information content (AvgIpc) is 3.48. The number of carbonyl (C=O) groups is 1. The van der Waals surface area contributed by atoms with Crippen LogP contribution in [0.1, 0.15) is 24.2 Å². The summed E-state index contributed by atoms with van der Waals surface area (Å²) in [6.07, 6.45) is 1.12. The molecule has 31 heavy (non-hydrogen) atoms. The van der Waals surface area contributed by atoms with E-state index in [2.05, 4.69) is 46.7 Å². The maximum atomic E-state index is 13.1. The quantitative estimate of drug-likeness (QED) is 0.416. The van der Waals surface area contributed by atoms with Crippen molar-refractivity contribution in [3.05, 3.63) is 58.5 Å². The lowest BCUT2D eigenvalue weighted by Gasteiger charge is -2.30. The highest BCUT2D eigenvalue weighted by Gasteiger charge is 2.33. The Bertz CT molecular complexity index is 1160. The molecule has 158 valence electrons. The molecule has 3 aromatic rings. The number of anilines is 2. The molecule has 0 radical (unpaired) electrons. The molecule has 2 aliphatic rings. The Labute approximate surface area is 181 Å². The predicted octanol–water partition coefficient (Wildman–Crippen LogP) is 1.86. The molecule has 12 heteroatoms. The largest absolute Gasteiger partial charge is 0.448 e. The van der Waals surface area contributed by atoms with E-state index in [9.17, 15) is 4.79 Å². The number of aliphatic imine (C=N–C) groups is 1. The molecule has 2 aliphatic heterocycles. The van der Waals surface area contributed by atoms with Crippen LogP contribution in [-0.2, 0) is 4.79 Å². The monoisotopic (exact) mass is 437 g/mol. The van der Waals surface area contributed by atoms with Crippen molar-refractivity contribution in [1.29, 1.82) is 0 Å². The van der Waals surface area contributed by atoms with Crippen LogP contribution >= 0.6 is 11.3 Å². The zero-order valence-corrected chi connectivity index (χ0v) is 17.4. The molecule has 0 fully saturated rings. The van der Waals surface area contributed by atoms with E-state index >= 15 is 0 Å². The van der Waals surface area contributed by atoms with Crippen molar-refractivity contribution in [1.82, 2.24) is 31.0 Å². The molecule has 5 N–H and O–H groups in total. The van der Waals surface area contributed by atoms with E-state index in [4.69, 9.17) is 4.74 Å². The standard InChI is InChI=1S/C19H19N9O2S/c1-9-7-20-27-14(9)15-13(16(29)25-19-28-21-8-31-19)10(2)22-17(24-15)26-18-23-11-5-3-4-6-12(11)30-18/h3-8,15,18,23H,1-2H3,(H,20,27)(H2,22,24,26)(H,25,28,29). The number of aryl methyl sites for hydroxylation is 1. The molecule has 1 aromatic carbocycles. The molecular weight excluding hydrogens is 418 g/mol. The van der Waals surface area contributed by atoms with Gasteiger partial charge in [0.05, 0.1) is 23.2 Å². The van der Waals surface area contributed by atoms with Crippen LogP contribution in [0, 0.1) is 6.92 Å². The third-order valence-corrected chi connectivity index (χ3v) is 5.52. The molecule has 2 atom stereocenters. The van der Waals surface area contributed by atoms with Crippen LogP contribution in [0.15, 0.2) is 52.2 Å². The number of hydrogen-bond donors (Lipinski definition) is 5. The third-order valence-electron chi connectivity index (χ3n) is 4.91. The van der Waals surface area contributed by atoms with Gasteiger partial charge in [-0.05, 0) is 31.5 Å². The summed E-state index contributed by atoms with van der Waals surface area (Å²) in [6, 6.07) is 7.13. The number of amides is 1. The van der Waals surface area contributed by atoms with Gasteiger partial charge in [-0.25, -0.2) is 0 Å². The molecule has 2 unspecified atom stereocenters. The molecule has 2 aromatic heterocycles. The smallest absolute Gasteiger partial charge is 0.271 e. The van der Waals surface area contributed by atoms with Crippen molar-refractivity contribution in [2.75, 3.05) is 10.6 Å². The number of benzene rings is 1. The van der Waals surface area contributed by atoms with E-state index in [1.165, 1.54) is 11.3 Å². The topological polar surface area (TPSA) is 141 Å². The second kappa shape index (κ2) is 7.72. The fourth-order valence-electron chi connectivity index (χ4n) is 3.48. The first kappa shape index (κ1) is 19.1. The number of allylic oxidation sites excluding steroid dienone is 1. The predicted molar refractivity (Wildman–Crippen MR) is 115 cm³/mol. The number of nitrogens with zero attached hydrogens (tertiary/aromatic N) is 4. The molecule has 11 nitrogen and oxygen atoms in total. The summed E-state index contributed by atoms with van der Waals surface area (Å²) < 4.78 is 5.83. The second-order valence-electron chi connectivity index (χ2n) is 6.99. The van der Waals surface area contributed by atoms with Crippen molar-refractivity contribution in [2.45, 2.75) is 26.2 Å². The second-order valence-corrected chi connectivity index (χ2v) is 7.83. The first-order valence-electron chi connectivity index (χ1n) is 9.50. The fourth-order valence-corrected chi connectivity index (χ4v) is 3.92. The van der Waals surface area contributed by atoms with Gasteiger partial charge in [0.15, 0.2) is 0 Å². The number of aromatic nitrogens is 4. The number of guanidine groups is 1. The number of hydrogen-bond acceptors (Lipinski definition) is 8. The zero-order valence-electron chi connectivity index (χ0n) is 16.6. The Morgan fingerprint density at radius 1 is 1.26 bits per heavy atom. The molecule has 5 rings (SSSR count). The number of para-hydroxylation sites is 2. The van der Waals surface area contributed by atoms with Gasteiger partial charge < -0.3 is 20.7 Å². The minimum atomic E-state index is -0.597. The summed E-state index contributed by atoms with van der Waals surface area (Å²) in [4.78, 5) is 17.7. The lowest BCUT2D eigenvalue weighted by molar-refractivity contribution is -0.113. The maximum absolute atomic E-state index is 13.1. The van der Waals surface area contributed by atoms with Crippen LogP contribution in [0.25, 0.3) is 0 Å². The summed E-state index contributed by atoms with van der Waals surface area (Å²) in [5.74, 6) is 0.905. The molecule has 0 spiro atoms. The fraction of sp³-hybridized carbons (Fsp3) is 0.211. The van der Waals surface area contributed by atoms with Crippen LogP contribution in [0.4, 0.5) is 10.8 Å². The Kier molecular flexibility index (Phi) is 4.75. The third kappa shape index (κ3) is 3.68. The minimum absolute atomic E-state index is 0.296. The van der Waals surface area contributed by atoms with Crippen LogP contribution in [-0.4, -0.2) is 38.6 Å². The molecular formula is C19H19N9O2S. The van der Waals surface area contributed by atoms with E-state index in [0.717, 1.165) is 22.7 Å². The van der Waals surface area contributed by atoms with Gasteiger partial charge in [0, 0.05) is 5.70 Å². The van der Waals surface area contributed by atoms with Crippen LogP contribution in [0.5, 0.6) is 5.75 Å². The van der Waals surface area contributed by atoms with E-state index < -0.39 is 12.4 Å². The van der Waals surface area contributed by atoms with Gasteiger partial charge in [-0.15, -0.1) is 10.2 Å². The summed E-state index contributed by atoms with van der Waals surface area (Å²) >= 11 is 1.25. The Morgan fingerprint density at radius 3 is 2.87 bits per heavy atom. The summed E-state index contributed by atoms with van der Waals surface area (Å²) in [5.41, 5.74) is 5.24. The van der Waals surface area contributed by atoms with Gasteiger partial charge in [0.25, 0.3) is 12.3 Å². The minimum Gasteiger partial charge on any atom is -0.448 e. The first-order chi connectivity index (χ1) is 15.1. The SMILES string of the molecule is CC1=C(C(=O)Nc2nncs2)C(c2[nH]ncc2C)N/C(=N\C2Nc3ccccc3O2)N1. The van der Waals surface area contributed by atoms with Crippen LogP contribution in [0.3, 0.4) is 0 Å². The van der Waals surface area contributed by atoms with Gasteiger partial charge >= 0.3 is 0 Å². The molecule has 0 saturated carbocycles. The highest BCUT2D eigenvalue weighted by atomic mass is 32.1. The van der Waals surface area contributed by atoms with Gasteiger partial charge in [0.2, 0.25) is 11.1 Å². The number of rotatable bonds is 4. The number of aromatic amines is 1. The molecule has 1 amide bonds. The molecule has 4 heterocycles. The highest BCUT2D eigenvalue weighted by Crippen LogP contribution is 2.32. The number of carbonyl (C=O) groups excluding carboxylic acids is 1. The molecule has 0 bridgehead atoms. The van der Waals surface area contributed by atoms with Crippen LogP contribution < -0.4 is 26.0 Å². The summed E-state index contributed by atoms with van der Waals surface area (Å²) in [5, 5.41) is 27.6. The van der Waals surface area contributed by atoms with E-state index in [-0.39, 0.29) is 5.91 Å². The van der Waals surface area contributed by atoms with Gasteiger partial charge in [-0.2, -0.15) is 10.1 Å². The maximum Gasteiger partial charge on any atom is 0.271 e. The summed E-state index contributed by atoms with van der Waals surface area (Å²) in [7, 11) is 0. The van der Waals surface area contributed by atoms with Crippen molar-refractivity contribution in [3.8, 4) is 5.75 Å². The lowest BCUT2D eigenvalue weighted by Crippen LogP contribution is -2.48. The molecule has 0 saturated heterocycles. The van der Waals surface area contributed by atoms with Crippen molar-refractivity contribution >= 4 is 34.0 Å². The number of nitrogens with one attached hydrogen (secondary N) is 5. The normalized spacial score (nSPS) is 21.0. The average molecular weight is 437 g/mol. The lowest BCUT2D eigenvalue weighted by atomic mass is 9.97. The zero-order chi connectivity index (χ0) is 21.4. The Hall–Kier alpha value is -3.93. The van der Waals surface area contributed by atoms with Gasteiger partial charge in [-0.3, -0.25) is 15.2 Å². The Balaban J connectivity index is 1.45. The van der Waals surface area contributed by atoms with Crippen LogP contribution in [0.2, 0.25) is 0 Å². The van der Waals surface area contributed by atoms with E-state index in [0.29, 0.717) is 22.4 Å². The number of H-pyrrole nitrogens is 1.